The Morgan fingerprint density at radius 1 is 1.16 bits per heavy atom. The largest absolute Gasteiger partial charge is 0.487 e. The van der Waals surface area contributed by atoms with Gasteiger partial charge >= 0.3 is 0 Å². The van der Waals surface area contributed by atoms with Crippen LogP contribution in [-0.4, -0.2) is 0 Å². The van der Waals surface area contributed by atoms with Crippen LogP contribution < -0.4 is 10.5 Å². The maximum atomic E-state index is 13.3. The van der Waals surface area contributed by atoms with Crippen LogP contribution in [0.5, 0.6) is 5.75 Å². The van der Waals surface area contributed by atoms with Crippen molar-refractivity contribution in [1.29, 1.82) is 0 Å². The fourth-order valence-electron chi connectivity index (χ4n) is 1.74. The summed E-state index contributed by atoms with van der Waals surface area (Å²) in [6.45, 7) is 2.32. The molecule has 0 aliphatic rings. The summed E-state index contributed by atoms with van der Waals surface area (Å²) in [7, 11) is 0. The molecule has 2 nitrogen and oxygen atoms in total. The van der Waals surface area contributed by atoms with Gasteiger partial charge in [0, 0.05) is 0 Å². The molecule has 0 aliphatic heterocycles. The summed E-state index contributed by atoms with van der Waals surface area (Å²) >= 11 is 5.62. The van der Waals surface area contributed by atoms with Crippen molar-refractivity contribution in [2.45, 2.75) is 20.0 Å². The second-order valence-electron chi connectivity index (χ2n) is 4.26. The Labute approximate surface area is 117 Å². The minimum absolute atomic E-state index is 0.107. The van der Waals surface area contributed by atoms with Gasteiger partial charge in [-0.1, -0.05) is 30.7 Å². The predicted molar refractivity (Wildman–Crippen MR) is 76.0 cm³/mol. The standard InChI is InChI=1S/C15H15ClFNO/c1-2-10-4-6-15(14(18)8-10)19-9-11-3-5-12(16)13(17)7-11/h3-8H,2,9,18H2,1H3. The molecule has 2 aromatic rings. The number of ether oxygens (including phenoxy) is 1. The molecule has 0 aromatic heterocycles. The van der Waals surface area contributed by atoms with Crippen molar-refractivity contribution in [3.8, 4) is 5.75 Å². The van der Waals surface area contributed by atoms with E-state index in [1.54, 1.807) is 6.07 Å². The molecule has 0 unspecified atom stereocenters. The Kier molecular flexibility index (Phi) is 4.27. The molecule has 4 heteroatoms. The molecule has 19 heavy (non-hydrogen) atoms. The van der Waals surface area contributed by atoms with E-state index in [0.29, 0.717) is 17.0 Å². The molecule has 0 saturated heterocycles. The fraction of sp³-hybridized carbons (Fsp3) is 0.200. The Hall–Kier alpha value is -1.74. The lowest BCUT2D eigenvalue weighted by molar-refractivity contribution is 0.307. The first-order valence-corrected chi connectivity index (χ1v) is 6.43. The summed E-state index contributed by atoms with van der Waals surface area (Å²) in [5.41, 5.74) is 8.35. The fourth-order valence-corrected chi connectivity index (χ4v) is 1.86. The smallest absolute Gasteiger partial charge is 0.142 e. The lowest BCUT2D eigenvalue weighted by Gasteiger charge is -2.10. The Balaban J connectivity index is 2.07. The quantitative estimate of drug-likeness (QED) is 0.851. The van der Waals surface area contributed by atoms with Crippen LogP contribution in [-0.2, 0) is 13.0 Å². The van der Waals surface area contributed by atoms with E-state index in [0.717, 1.165) is 12.0 Å². The number of nitrogen functional groups attached to an aromatic ring is 1. The molecular formula is C15H15ClFNO. The van der Waals surface area contributed by atoms with Crippen LogP contribution in [0.1, 0.15) is 18.1 Å². The third-order valence-corrected chi connectivity index (χ3v) is 3.17. The van der Waals surface area contributed by atoms with E-state index < -0.39 is 5.82 Å². The summed E-state index contributed by atoms with van der Waals surface area (Å²) in [5, 5.41) is 0.107. The van der Waals surface area contributed by atoms with Gasteiger partial charge in [-0.15, -0.1) is 0 Å². The number of nitrogens with two attached hydrogens (primary N) is 1. The molecule has 0 spiro atoms. The van der Waals surface area contributed by atoms with Crippen molar-refractivity contribution in [2.24, 2.45) is 0 Å². The monoisotopic (exact) mass is 279 g/mol. The molecule has 2 N–H and O–H groups in total. The van der Waals surface area contributed by atoms with Crippen LogP contribution in [0.25, 0.3) is 0 Å². The highest BCUT2D eigenvalue weighted by Crippen LogP contribution is 2.24. The van der Waals surface area contributed by atoms with Crippen LogP contribution in [0, 0.1) is 5.82 Å². The molecule has 0 aliphatic carbocycles. The van der Waals surface area contributed by atoms with E-state index in [-0.39, 0.29) is 11.6 Å². The number of rotatable bonds is 4. The van der Waals surface area contributed by atoms with Crippen molar-refractivity contribution in [3.63, 3.8) is 0 Å². The third-order valence-electron chi connectivity index (χ3n) is 2.86. The summed E-state index contributed by atoms with van der Waals surface area (Å²) in [5.74, 6) is 0.157. The normalized spacial score (nSPS) is 10.5. The number of benzene rings is 2. The van der Waals surface area contributed by atoms with Crippen LogP contribution in [0.4, 0.5) is 10.1 Å². The van der Waals surface area contributed by atoms with Crippen molar-refractivity contribution < 1.29 is 9.13 Å². The average Bonchev–Trinajstić information content (AvgIpc) is 2.41. The zero-order valence-electron chi connectivity index (χ0n) is 10.6. The van der Waals surface area contributed by atoms with Crippen molar-refractivity contribution in [2.75, 3.05) is 5.73 Å². The van der Waals surface area contributed by atoms with Gasteiger partial charge in [0.1, 0.15) is 18.2 Å². The molecule has 0 atom stereocenters. The first kappa shape index (κ1) is 13.7. The molecule has 2 rings (SSSR count). The zero-order chi connectivity index (χ0) is 13.8. The highest BCUT2D eigenvalue weighted by molar-refractivity contribution is 6.30. The highest BCUT2D eigenvalue weighted by atomic mass is 35.5. The van der Waals surface area contributed by atoms with Gasteiger partial charge in [-0.05, 0) is 41.8 Å². The number of hydrogen-bond donors (Lipinski definition) is 1. The van der Waals surface area contributed by atoms with Crippen molar-refractivity contribution in [3.05, 3.63) is 58.4 Å². The van der Waals surface area contributed by atoms with Crippen molar-refractivity contribution in [1.82, 2.24) is 0 Å². The maximum absolute atomic E-state index is 13.3. The molecule has 100 valence electrons. The topological polar surface area (TPSA) is 35.2 Å². The van der Waals surface area contributed by atoms with E-state index >= 15 is 0 Å². The van der Waals surface area contributed by atoms with Crippen LogP contribution in [0.2, 0.25) is 5.02 Å². The van der Waals surface area contributed by atoms with Crippen LogP contribution in [0.15, 0.2) is 36.4 Å². The van der Waals surface area contributed by atoms with Crippen LogP contribution in [0.3, 0.4) is 0 Å². The third kappa shape index (κ3) is 3.38. The van der Waals surface area contributed by atoms with Gasteiger partial charge < -0.3 is 10.5 Å². The molecule has 0 bridgehead atoms. The lowest BCUT2D eigenvalue weighted by atomic mass is 10.1. The lowest BCUT2D eigenvalue weighted by Crippen LogP contribution is -2.00. The molecule has 2 aromatic carbocycles. The van der Waals surface area contributed by atoms with Crippen LogP contribution >= 0.6 is 11.6 Å². The summed E-state index contributed by atoms with van der Waals surface area (Å²) < 4.78 is 18.9. The first-order valence-electron chi connectivity index (χ1n) is 6.05. The molecule has 0 amide bonds. The van der Waals surface area contributed by atoms with Gasteiger partial charge in [-0.2, -0.15) is 0 Å². The van der Waals surface area contributed by atoms with Gasteiger partial charge in [0.05, 0.1) is 10.7 Å². The maximum Gasteiger partial charge on any atom is 0.142 e. The zero-order valence-corrected chi connectivity index (χ0v) is 11.4. The predicted octanol–water partition coefficient (Wildman–Crippen LogP) is 4.20. The van der Waals surface area contributed by atoms with E-state index in [1.807, 2.05) is 18.2 Å². The summed E-state index contributed by atoms with van der Waals surface area (Å²) in [6, 6.07) is 10.3. The van der Waals surface area contributed by atoms with Gasteiger partial charge in [-0.25, -0.2) is 4.39 Å². The van der Waals surface area contributed by atoms with E-state index in [9.17, 15) is 4.39 Å². The SMILES string of the molecule is CCc1ccc(OCc2ccc(Cl)c(F)c2)c(N)c1. The Morgan fingerprint density at radius 3 is 2.53 bits per heavy atom. The Bertz CT molecular complexity index is 586. The van der Waals surface area contributed by atoms with Crippen molar-refractivity contribution >= 4 is 17.3 Å². The summed E-state index contributed by atoms with van der Waals surface area (Å²) in [4.78, 5) is 0. The van der Waals surface area contributed by atoms with E-state index in [1.165, 1.54) is 12.1 Å². The van der Waals surface area contributed by atoms with Gasteiger partial charge in [-0.3, -0.25) is 0 Å². The molecule has 0 saturated carbocycles. The van der Waals surface area contributed by atoms with E-state index in [4.69, 9.17) is 22.1 Å². The highest BCUT2D eigenvalue weighted by Gasteiger charge is 2.04. The van der Waals surface area contributed by atoms with Gasteiger partial charge in [0.15, 0.2) is 0 Å². The second-order valence-corrected chi connectivity index (χ2v) is 4.67. The van der Waals surface area contributed by atoms with Gasteiger partial charge in [0.25, 0.3) is 0 Å². The minimum atomic E-state index is -0.447. The summed E-state index contributed by atoms with van der Waals surface area (Å²) in [6.07, 6.45) is 0.923. The van der Waals surface area contributed by atoms with E-state index in [2.05, 4.69) is 6.92 Å². The number of hydrogen-bond acceptors (Lipinski definition) is 2. The molecule has 0 heterocycles. The number of aryl methyl sites for hydroxylation is 1. The van der Waals surface area contributed by atoms with Gasteiger partial charge in [0.2, 0.25) is 0 Å². The molecule has 0 radical (unpaired) electrons. The average molecular weight is 280 g/mol. The first-order chi connectivity index (χ1) is 9.10. The minimum Gasteiger partial charge on any atom is -0.487 e. The number of halogens is 2. The molecular weight excluding hydrogens is 265 g/mol. The molecule has 0 fully saturated rings. The second kappa shape index (κ2) is 5.93. The number of anilines is 1. The Morgan fingerprint density at radius 2 is 1.89 bits per heavy atom.